The Kier molecular flexibility index (Phi) is 5.29. The van der Waals surface area contributed by atoms with Gasteiger partial charge in [0.1, 0.15) is 0 Å². The van der Waals surface area contributed by atoms with Crippen LogP contribution in [-0.2, 0) is 19.3 Å². The summed E-state index contributed by atoms with van der Waals surface area (Å²) in [5.41, 5.74) is 11.3. The van der Waals surface area contributed by atoms with E-state index in [-0.39, 0.29) is 0 Å². The summed E-state index contributed by atoms with van der Waals surface area (Å²) < 4.78 is 0. The van der Waals surface area contributed by atoms with Crippen molar-refractivity contribution in [2.75, 3.05) is 19.3 Å². The number of aryl methyl sites for hydroxylation is 1. The van der Waals surface area contributed by atoms with Gasteiger partial charge in [-0.1, -0.05) is 12.1 Å². The molecule has 0 saturated heterocycles. The number of benzene rings is 1. The lowest BCUT2D eigenvalue weighted by Gasteiger charge is -2.33. The van der Waals surface area contributed by atoms with Gasteiger partial charge in [0.05, 0.1) is 0 Å². The third-order valence-electron chi connectivity index (χ3n) is 5.09. The lowest BCUT2D eigenvalue weighted by atomic mass is 9.86. The smallest absolute Gasteiger partial charge is 0.0349 e. The number of nitrogens with two attached hydrogens (primary N) is 1. The molecule has 0 aliphatic heterocycles. The van der Waals surface area contributed by atoms with Crippen LogP contribution >= 0.6 is 0 Å². The summed E-state index contributed by atoms with van der Waals surface area (Å²) in [7, 11) is 2.27. The molecule has 2 aromatic rings. The second-order valence-corrected chi connectivity index (χ2v) is 6.67. The number of unbranched alkanes of at least 4 members (excludes halogenated alkanes) is 1. The molecule has 1 aromatic carbocycles. The highest BCUT2D eigenvalue weighted by atomic mass is 15.1. The van der Waals surface area contributed by atoms with Gasteiger partial charge in [-0.05, 0) is 87.0 Å². The van der Waals surface area contributed by atoms with E-state index >= 15 is 0 Å². The molecule has 1 heterocycles. The van der Waals surface area contributed by atoms with Gasteiger partial charge in [-0.25, -0.2) is 0 Å². The van der Waals surface area contributed by atoms with Gasteiger partial charge in [-0.2, -0.15) is 0 Å². The summed E-state index contributed by atoms with van der Waals surface area (Å²) in [5.74, 6) is 0. The summed E-state index contributed by atoms with van der Waals surface area (Å²) in [6.45, 7) is 1.17. The first-order valence-corrected chi connectivity index (χ1v) is 8.69. The van der Waals surface area contributed by atoms with Crippen molar-refractivity contribution in [1.82, 2.24) is 9.88 Å². The average Bonchev–Trinajstić information content (AvgIpc) is 2.59. The van der Waals surface area contributed by atoms with Gasteiger partial charge >= 0.3 is 0 Å². The van der Waals surface area contributed by atoms with Crippen LogP contribution in [0.3, 0.4) is 0 Å². The van der Waals surface area contributed by atoms with Gasteiger partial charge < -0.3 is 10.6 Å². The summed E-state index contributed by atoms with van der Waals surface area (Å²) in [4.78, 5) is 6.61. The Bertz CT molecular complexity index is 624. The lowest BCUT2D eigenvalue weighted by Crippen LogP contribution is -2.37. The van der Waals surface area contributed by atoms with E-state index in [4.69, 9.17) is 5.73 Å². The molecule has 0 bridgehead atoms. The molecule has 3 heteroatoms. The van der Waals surface area contributed by atoms with Gasteiger partial charge in [-0.3, -0.25) is 4.98 Å². The first-order valence-electron chi connectivity index (χ1n) is 8.69. The first-order chi connectivity index (χ1) is 11.2. The van der Waals surface area contributed by atoms with Crippen LogP contribution in [-0.4, -0.2) is 29.5 Å². The van der Waals surface area contributed by atoms with Crippen LogP contribution in [0, 0.1) is 0 Å². The Labute approximate surface area is 139 Å². The molecule has 0 radical (unpaired) electrons. The maximum atomic E-state index is 6.10. The molecule has 3 rings (SSSR count). The summed E-state index contributed by atoms with van der Waals surface area (Å²) >= 11 is 0. The van der Waals surface area contributed by atoms with Crippen LogP contribution in [0.5, 0.6) is 0 Å². The summed E-state index contributed by atoms with van der Waals surface area (Å²) in [6, 6.07) is 11.3. The molecule has 1 atom stereocenters. The molecule has 122 valence electrons. The van der Waals surface area contributed by atoms with Gasteiger partial charge in [0.15, 0.2) is 0 Å². The highest BCUT2D eigenvalue weighted by Crippen LogP contribution is 2.28. The van der Waals surface area contributed by atoms with E-state index in [1.807, 2.05) is 18.5 Å². The number of fused-ring (bicyclic) bond motifs is 1. The van der Waals surface area contributed by atoms with Crippen molar-refractivity contribution < 1.29 is 0 Å². The van der Waals surface area contributed by atoms with Crippen LogP contribution in [0.4, 0.5) is 5.69 Å². The Balaban J connectivity index is 1.45. The third kappa shape index (κ3) is 4.11. The zero-order valence-corrected chi connectivity index (χ0v) is 14.0. The van der Waals surface area contributed by atoms with Crippen LogP contribution in [0.2, 0.25) is 0 Å². The van der Waals surface area contributed by atoms with Gasteiger partial charge in [0.2, 0.25) is 0 Å². The number of rotatable bonds is 6. The Morgan fingerprint density at radius 1 is 1.17 bits per heavy atom. The van der Waals surface area contributed by atoms with E-state index in [1.54, 1.807) is 0 Å². The molecule has 23 heavy (non-hydrogen) atoms. The molecular formula is C20H27N3. The molecule has 2 N–H and O–H groups in total. The topological polar surface area (TPSA) is 42.2 Å². The Morgan fingerprint density at radius 2 is 2.00 bits per heavy atom. The zero-order valence-electron chi connectivity index (χ0n) is 14.0. The second kappa shape index (κ2) is 7.60. The molecule has 0 fully saturated rings. The number of anilines is 1. The molecule has 1 aromatic heterocycles. The van der Waals surface area contributed by atoms with E-state index in [2.05, 4.69) is 41.2 Å². The van der Waals surface area contributed by atoms with E-state index in [0.29, 0.717) is 6.04 Å². The van der Waals surface area contributed by atoms with Gasteiger partial charge in [-0.15, -0.1) is 0 Å². The van der Waals surface area contributed by atoms with Crippen LogP contribution < -0.4 is 5.73 Å². The Morgan fingerprint density at radius 3 is 2.83 bits per heavy atom. The predicted molar refractivity (Wildman–Crippen MR) is 96.5 cm³/mol. The molecular weight excluding hydrogens is 282 g/mol. The van der Waals surface area contributed by atoms with Crippen molar-refractivity contribution in [3.05, 3.63) is 59.4 Å². The fourth-order valence-corrected chi connectivity index (χ4v) is 3.62. The van der Waals surface area contributed by atoms with Crippen LogP contribution in [0.15, 0.2) is 42.7 Å². The molecule has 1 aliphatic rings. The summed E-state index contributed by atoms with van der Waals surface area (Å²) in [5, 5.41) is 0. The van der Waals surface area contributed by atoms with Crippen molar-refractivity contribution in [1.29, 1.82) is 0 Å². The number of pyridine rings is 1. The van der Waals surface area contributed by atoms with Gasteiger partial charge in [0.25, 0.3) is 0 Å². The van der Waals surface area contributed by atoms with E-state index in [0.717, 1.165) is 24.9 Å². The minimum Gasteiger partial charge on any atom is -0.398 e. The molecule has 1 aliphatic carbocycles. The fourth-order valence-electron chi connectivity index (χ4n) is 3.62. The quantitative estimate of drug-likeness (QED) is 0.656. The van der Waals surface area contributed by atoms with E-state index in [9.17, 15) is 0 Å². The van der Waals surface area contributed by atoms with Gasteiger partial charge in [0, 0.05) is 24.1 Å². The van der Waals surface area contributed by atoms with Crippen LogP contribution in [0.25, 0.3) is 0 Å². The predicted octanol–water partition coefficient (Wildman–Crippen LogP) is 3.48. The third-order valence-corrected chi connectivity index (χ3v) is 5.09. The largest absolute Gasteiger partial charge is 0.398 e. The minimum atomic E-state index is 0.658. The van der Waals surface area contributed by atoms with Crippen molar-refractivity contribution in [2.24, 2.45) is 0 Å². The summed E-state index contributed by atoms with van der Waals surface area (Å²) in [6.07, 6.45) is 10.9. The fraction of sp³-hybridized carbons (Fsp3) is 0.450. The SMILES string of the molecule is CN(CCCCc1ccncc1)C1CCc2c(N)cccc2C1. The number of hydrogen-bond donors (Lipinski definition) is 1. The van der Waals surface area contributed by atoms with Crippen molar-refractivity contribution >= 4 is 5.69 Å². The number of likely N-dealkylation sites (N-methyl/N-ethyl adjacent to an activating group) is 1. The molecule has 0 amide bonds. The maximum absolute atomic E-state index is 6.10. The van der Waals surface area contributed by atoms with Crippen molar-refractivity contribution in [2.45, 2.75) is 44.6 Å². The van der Waals surface area contributed by atoms with E-state index in [1.165, 1.54) is 42.5 Å². The molecule has 3 nitrogen and oxygen atoms in total. The normalized spacial score (nSPS) is 17.2. The maximum Gasteiger partial charge on any atom is 0.0349 e. The number of nitrogens with zero attached hydrogens (tertiary/aromatic N) is 2. The van der Waals surface area contributed by atoms with E-state index < -0.39 is 0 Å². The highest BCUT2D eigenvalue weighted by molar-refractivity contribution is 5.52. The highest BCUT2D eigenvalue weighted by Gasteiger charge is 2.22. The average molecular weight is 309 g/mol. The minimum absolute atomic E-state index is 0.658. The lowest BCUT2D eigenvalue weighted by molar-refractivity contribution is 0.218. The zero-order chi connectivity index (χ0) is 16.1. The molecule has 0 spiro atoms. The molecule has 1 unspecified atom stereocenters. The van der Waals surface area contributed by atoms with Crippen molar-refractivity contribution in [3.63, 3.8) is 0 Å². The second-order valence-electron chi connectivity index (χ2n) is 6.67. The first kappa shape index (κ1) is 16.0. The standard InChI is InChI=1S/C20H27N3/c1-23(14-3-2-5-16-10-12-22-13-11-16)18-8-9-19-17(15-18)6-4-7-20(19)21/h4,6-7,10-13,18H,2-3,5,8-9,14-15,21H2,1H3. The number of aromatic nitrogens is 1. The molecule has 0 saturated carbocycles. The monoisotopic (exact) mass is 309 g/mol. The number of hydrogen-bond acceptors (Lipinski definition) is 3. The Hall–Kier alpha value is -1.87. The van der Waals surface area contributed by atoms with Crippen LogP contribution in [0.1, 0.15) is 36.0 Å². The number of nitrogen functional groups attached to an aromatic ring is 1. The van der Waals surface area contributed by atoms with Crippen molar-refractivity contribution in [3.8, 4) is 0 Å².